The van der Waals surface area contributed by atoms with Gasteiger partial charge in [-0.05, 0) is 56.4 Å². The molecule has 0 N–H and O–H groups in total. The van der Waals surface area contributed by atoms with Crippen LogP contribution in [-0.4, -0.2) is 61.7 Å². The zero-order valence-electron chi connectivity index (χ0n) is 19.4. The van der Waals surface area contributed by atoms with Crippen molar-refractivity contribution in [3.8, 4) is 5.75 Å². The molecule has 9 heteroatoms. The number of rotatable bonds is 10. The number of thiazole rings is 1. The molecule has 0 aliphatic heterocycles. The predicted molar refractivity (Wildman–Crippen MR) is 135 cm³/mol. The van der Waals surface area contributed by atoms with E-state index in [0.717, 1.165) is 29.9 Å². The molecule has 0 spiro atoms. The van der Waals surface area contributed by atoms with Gasteiger partial charge in [-0.3, -0.25) is 9.69 Å². The van der Waals surface area contributed by atoms with Gasteiger partial charge < -0.3 is 14.4 Å². The van der Waals surface area contributed by atoms with E-state index in [1.807, 2.05) is 25.1 Å². The molecule has 0 aliphatic carbocycles. The number of hydrogen-bond donors (Lipinski definition) is 0. The second-order valence-corrected chi connectivity index (χ2v) is 8.09. The number of anilines is 1. The summed E-state index contributed by atoms with van der Waals surface area (Å²) in [7, 11) is 1.33. The Balaban J connectivity index is 0.00000385. The Hall–Kier alpha value is -2.68. The third-order valence-electron chi connectivity index (χ3n) is 5.23. The van der Waals surface area contributed by atoms with Gasteiger partial charge in [0.1, 0.15) is 11.3 Å². The molecule has 1 aromatic heterocycles. The van der Waals surface area contributed by atoms with Crippen molar-refractivity contribution >= 4 is 51.0 Å². The molecule has 0 fully saturated rings. The number of amides is 1. The number of para-hydroxylation sites is 1. The molecule has 0 radical (unpaired) electrons. The highest BCUT2D eigenvalue weighted by Gasteiger charge is 2.23. The average Bonchev–Trinajstić information content (AvgIpc) is 3.26. The number of aromatic nitrogens is 1. The average molecular weight is 492 g/mol. The van der Waals surface area contributed by atoms with Crippen molar-refractivity contribution in [2.24, 2.45) is 0 Å². The van der Waals surface area contributed by atoms with E-state index in [9.17, 15) is 9.59 Å². The van der Waals surface area contributed by atoms with Crippen LogP contribution in [0.1, 0.15) is 41.5 Å². The molecule has 0 aliphatic rings. The van der Waals surface area contributed by atoms with Crippen molar-refractivity contribution in [2.75, 3.05) is 44.8 Å². The molecule has 1 amide bonds. The van der Waals surface area contributed by atoms with Gasteiger partial charge in [0.05, 0.1) is 24.0 Å². The monoisotopic (exact) mass is 491 g/mol. The summed E-state index contributed by atoms with van der Waals surface area (Å²) < 4.78 is 11.4. The molecular weight excluding hydrogens is 462 g/mol. The second-order valence-electron chi connectivity index (χ2n) is 7.08. The van der Waals surface area contributed by atoms with E-state index in [-0.39, 0.29) is 18.3 Å². The summed E-state index contributed by atoms with van der Waals surface area (Å²) >= 11 is 1.47. The Bertz CT molecular complexity index is 1070. The van der Waals surface area contributed by atoms with Crippen molar-refractivity contribution in [3.05, 3.63) is 53.6 Å². The van der Waals surface area contributed by atoms with Gasteiger partial charge in [0.25, 0.3) is 5.91 Å². The van der Waals surface area contributed by atoms with Crippen LogP contribution < -0.4 is 9.64 Å². The molecule has 0 unspecified atom stereocenters. The van der Waals surface area contributed by atoms with Crippen LogP contribution in [0, 0.1) is 0 Å². The van der Waals surface area contributed by atoms with Gasteiger partial charge >= 0.3 is 5.97 Å². The maximum Gasteiger partial charge on any atom is 0.337 e. The highest BCUT2D eigenvalue weighted by Crippen LogP contribution is 2.34. The van der Waals surface area contributed by atoms with Crippen LogP contribution in [0.4, 0.5) is 5.13 Å². The molecule has 7 nitrogen and oxygen atoms in total. The fraction of sp³-hybridized carbons (Fsp3) is 0.375. The lowest BCUT2D eigenvalue weighted by molar-refractivity contribution is 0.0600. The minimum absolute atomic E-state index is 0. The normalized spacial score (nSPS) is 10.7. The van der Waals surface area contributed by atoms with Crippen LogP contribution in [0.3, 0.4) is 0 Å². The summed E-state index contributed by atoms with van der Waals surface area (Å²) in [6.45, 7) is 9.73. The molecule has 0 saturated heterocycles. The molecule has 0 saturated carbocycles. The Kier molecular flexibility index (Phi) is 10.1. The number of likely N-dealkylation sites (N-methyl/N-ethyl adjacent to an activating group) is 1. The first-order valence-electron chi connectivity index (χ1n) is 10.8. The van der Waals surface area contributed by atoms with Crippen LogP contribution in [0.15, 0.2) is 42.5 Å². The maximum atomic E-state index is 13.5. The molecule has 178 valence electrons. The van der Waals surface area contributed by atoms with Crippen molar-refractivity contribution in [2.45, 2.75) is 20.8 Å². The number of ether oxygens (including phenoxy) is 2. The second kappa shape index (κ2) is 12.5. The number of fused-ring (bicyclic) bond motifs is 1. The van der Waals surface area contributed by atoms with Gasteiger partial charge in [-0.25, -0.2) is 9.78 Å². The quantitative estimate of drug-likeness (QED) is 0.376. The fourth-order valence-electron chi connectivity index (χ4n) is 3.39. The summed E-state index contributed by atoms with van der Waals surface area (Å²) in [5.41, 5.74) is 1.65. The van der Waals surface area contributed by atoms with Crippen LogP contribution in [-0.2, 0) is 4.74 Å². The topological polar surface area (TPSA) is 72.0 Å². The SMILES string of the molecule is CCOc1cccc2sc(N(CCN(CC)CC)C(=O)c3ccc(C(=O)OC)cc3)nc12.Cl. The molecule has 3 rings (SSSR count). The van der Waals surface area contributed by atoms with Crippen molar-refractivity contribution in [1.82, 2.24) is 9.88 Å². The lowest BCUT2D eigenvalue weighted by Gasteiger charge is -2.24. The first-order chi connectivity index (χ1) is 15.5. The number of carbonyl (C=O) groups is 2. The smallest absolute Gasteiger partial charge is 0.337 e. The van der Waals surface area contributed by atoms with Gasteiger partial charge in [-0.2, -0.15) is 0 Å². The van der Waals surface area contributed by atoms with E-state index in [0.29, 0.717) is 35.2 Å². The van der Waals surface area contributed by atoms with Gasteiger partial charge in [0.15, 0.2) is 5.13 Å². The molecule has 3 aromatic rings. The van der Waals surface area contributed by atoms with Crippen molar-refractivity contribution < 1.29 is 19.1 Å². The van der Waals surface area contributed by atoms with E-state index in [4.69, 9.17) is 14.5 Å². The van der Waals surface area contributed by atoms with Crippen LogP contribution >= 0.6 is 23.7 Å². The Morgan fingerprint density at radius 3 is 2.24 bits per heavy atom. The summed E-state index contributed by atoms with van der Waals surface area (Å²) in [6, 6.07) is 12.3. The van der Waals surface area contributed by atoms with E-state index in [2.05, 4.69) is 18.7 Å². The zero-order valence-corrected chi connectivity index (χ0v) is 21.0. The molecule has 2 aromatic carbocycles. The van der Waals surface area contributed by atoms with Gasteiger partial charge in [-0.1, -0.05) is 31.3 Å². The van der Waals surface area contributed by atoms with E-state index < -0.39 is 5.97 Å². The van der Waals surface area contributed by atoms with Crippen molar-refractivity contribution in [1.29, 1.82) is 0 Å². The number of methoxy groups -OCH3 is 1. The number of hydrogen-bond acceptors (Lipinski definition) is 7. The van der Waals surface area contributed by atoms with E-state index in [1.54, 1.807) is 29.2 Å². The molecular formula is C24H30ClN3O4S. The van der Waals surface area contributed by atoms with Crippen LogP contribution in [0.2, 0.25) is 0 Å². The minimum Gasteiger partial charge on any atom is -0.492 e. The van der Waals surface area contributed by atoms with Crippen LogP contribution in [0.25, 0.3) is 10.2 Å². The number of halogens is 1. The highest BCUT2D eigenvalue weighted by molar-refractivity contribution is 7.22. The van der Waals surface area contributed by atoms with Gasteiger partial charge in [-0.15, -0.1) is 12.4 Å². The maximum absolute atomic E-state index is 13.5. The highest BCUT2D eigenvalue weighted by atomic mass is 35.5. The lowest BCUT2D eigenvalue weighted by atomic mass is 10.1. The Labute approximate surface area is 204 Å². The number of esters is 1. The standard InChI is InChI=1S/C24H29N3O4S.ClH/c1-5-26(6-2)15-16-27(22(28)17-11-13-18(14-12-17)23(29)30-4)24-25-21-19(31-7-3)9-8-10-20(21)32-24;/h8-14H,5-7,15-16H2,1-4H3;1H. The third kappa shape index (κ3) is 6.22. The van der Waals surface area contributed by atoms with E-state index in [1.165, 1.54) is 18.4 Å². The summed E-state index contributed by atoms with van der Waals surface area (Å²) in [6.07, 6.45) is 0. The third-order valence-corrected chi connectivity index (χ3v) is 6.28. The molecule has 33 heavy (non-hydrogen) atoms. The number of benzene rings is 2. The number of nitrogens with zero attached hydrogens (tertiary/aromatic N) is 3. The first kappa shape index (κ1) is 26.6. The van der Waals surface area contributed by atoms with Crippen molar-refractivity contribution in [3.63, 3.8) is 0 Å². The largest absolute Gasteiger partial charge is 0.492 e. The summed E-state index contributed by atoms with van der Waals surface area (Å²) in [4.78, 5) is 34.0. The van der Waals surface area contributed by atoms with Gasteiger partial charge in [0.2, 0.25) is 0 Å². The molecule has 1 heterocycles. The first-order valence-corrected chi connectivity index (χ1v) is 11.6. The zero-order chi connectivity index (χ0) is 23.1. The van der Waals surface area contributed by atoms with Gasteiger partial charge in [0, 0.05) is 18.7 Å². The predicted octanol–water partition coefficient (Wildman–Crippen LogP) is 4.89. The number of carbonyl (C=O) groups excluding carboxylic acids is 2. The Morgan fingerprint density at radius 2 is 1.64 bits per heavy atom. The summed E-state index contributed by atoms with van der Waals surface area (Å²) in [5, 5.41) is 0.626. The lowest BCUT2D eigenvalue weighted by Crippen LogP contribution is -2.38. The summed E-state index contributed by atoms with van der Waals surface area (Å²) in [5.74, 6) is 0.119. The van der Waals surface area contributed by atoms with E-state index >= 15 is 0 Å². The minimum atomic E-state index is -0.433. The Morgan fingerprint density at radius 1 is 0.970 bits per heavy atom. The fourth-order valence-corrected chi connectivity index (χ4v) is 4.39. The molecule has 0 atom stereocenters. The van der Waals surface area contributed by atoms with Crippen LogP contribution in [0.5, 0.6) is 5.75 Å². The molecule has 0 bridgehead atoms.